The molecule has 0 radical (unpaired) electrons. The summed E-state index contributed by atoms with van der Waals surface area (Å²) in [5.74, 6) is -1.70. The van der Waals surface area contributed by atoms with Gasteiger partial charge in [-0.2, -0.15) is 0 Å². The predicted molar refractivity (Wildman–Crippen MR) is 157 cm³/mol. The summed E-state index contributed by atoms with van der Waals surface area (Å²) in [5, 5.41) is 25.0. The molecule has 4 N–H and O–H groups in total. The molecule has 2 rings (SSSR count). The minimum Gasteiger partial charge on any atom is -0.508 e. The number of nitrogens with zero attached hydrogens (tertiary/aromatic N) is 1. The van der Waals surface area contributed by atoms with Crippen LogP contribution in [0.5, 0.6) is 5.75 Å². The summed E-state index contributed by atoms with van der Waals surface area (Å²) in [4.78, 5) is 53.6. The first-order valence-corrected chi connectivity index (χ1v) is 13.7. The molecule has 0 aromatic heterocycles. The summed E-state index contributed by atoms with van der Waals surface area (Å²) in [6, 6.07) is 10.5. The second-order valence-corrected chi connectivity index (χ2v) is 10.4. The van der Waals surface area contributed by atoms with E-state index in [4.69, 9.17) is 9.47 Å². The molecule has 0 saturated heterocycles. The molecule has 0 heterocycles. The fourth-order valence-corrected chi connectivity index (χ4v) is 4.14. The first-order valence-electron chi connectivity index (χ1n) is 13.7. The molecule has 11 heteroatoms. The summed E-state index contributed by atoms with van der Waals surface area (Å²) in [7, 11) is 0. The van der Waals surface area contributed by atoms with Crippen LogP contribution < -0.4 is 10.6 Å². The van der Waals surface area contributed by atoms with Crippen molar-refractivity contribution in [3.05, 3.63) is 71.8 Å². The number of nitrogens with one attached hydrogen (secondary N) is 2. The third-order valence-corrected chi connectivity index (χ3v) is 5.95. The maximum atomic E-state index is 14.2. The van der Waals surface area contributed by atoms with E-state index in [2.05, 4.69) is 17.2 Å². The fourth-order valence-electron chi connectivity index (χ4n) is 4.14. The number of alkyl carbamates (subject to hydrolysis) is 1. The van der Waals surface area contributed by atoms with E-state index in [1.807, 2.05) is 0 Å². The molecular formula is C31H41N3O8. The minimum absolute atomic E-state index is 0.00415. The quantitative estimate of drug-likeness (QED) is 0.248. The van der Waals surface area contributed by atoms with Crippen molar-refractivity contribution in [3.63, 3.8) is 0 Å². The first kappa shape index (κ1) is 33.8. The molecule has 0 spiro atoms. The van der Waals surface area contributed by atoms with E-state index in [0.717, 1.165) is 0 Å². The second-order valence-electron chi connectivity index (χ2n) is 10.4. The molecule has 3 amide bonds. The van der Waals surface area contributed by atoms with E-state index in [1.165, 1.54) is 17.0 Å². The zero-order chi connectivity index (χ0) is 31.3. The second kappa shape index (κ2) is 16.2. The maximum absolute atomic E-state index is 14.2. The van der Waals surface area contributed by atoms with Crippen molar-refractivity contribution in [3.8, 4) is 5.75 Å². The number of esters is 1. The highest BCUT2D eigenvalue weighted by Gasteiger charge is 2.36. The molecule has 0 aliphatic heterocycles. The molecule has 11 nitrogen and oxygen atoms in total. The number of amides is 3. The predicted octanol–water partition coefficient (Wildman–Crippen LogP) is 3.10. The van der Waals surface area contributed by atoms with Crippen molar-refractivity contribution in [2.75, 3.05) is 26.3 Å². The Bertz CT molecular complexity index is 1220. The number of carbonyl (C=O) groups is 4. The Kier molecular flexibility index (Phi) is 13.0. The van der Waals surface area contributed by atoms with Crippen molar-refractivity contribution in [1.82, 2.24) is 15.5 Å². The van der Waals surface area contributed by atoms with E-state index in [0.29, 0.717) is 16.7 Å². The van der Waals surface area contributed by atoms with Crippen molar-refractivity contribution in [2.45, 2.75) is 58.2 Å². The highest BCUT2D eigenvalue weighted by atomic mass is 16.6. The smallest absolute Gasteiger partial charge is 0.408 e. The van der Waals surface area contributed by atoms with Gasteiger partial charge in [0.05, 0.1) is 19.6 Å². The number of benzene rings is 2. The van der Waals surface area contributed by atoms with E-state index in [1.54, 1.807) is 70.2 Å². The molecule has 2 atom stereocenters. The van der Waals surface area contributed by atoms with Gasteiger partial charge in [0.25, 0.3) is 0 Å². The molecule has 2 unspecified atom stereocenters. The molecule has 0 fully saturated rings. The van der Waals surface area contributed by atoms with E-state index in [9.17, 15) is 29.4 Å². The molecule has 0 saturated carbocycles. The molecule has 2 aromatic carbocycles. The Labute approximate surface area is 246 Å². The number of aromatic hydroxyl groups is 1. The van der Waals surface area contributed by atoms with Gasteiger partial charge in [0.1, 0.15) is 23.4 Å². The van der Waals surface area contributed by atoms with Crippen molar-refractivity contribution in [1.29, 1.82) is 0 Å². The number of aliphatic hydroxyl groups excluding tert-OH is 1. The van der Waals surface area contributed by atoms with Crippen LogP contribution in [-0.4, -0.2) is 76.9 Å². The summed E-state index contributed by atoms with van der Waals surface area (Å²) >= 11 is 0. The van der Waals surface area contributed by atoms with Gasteiger partial charge < -0.3 is 35.2 Å². The number of ether oxygens (including phenoxy) is 2. The standard InChI is InChI=1S/C31H41N3O8/c1-6-21-9-8-10-23(19-21)27(28(38)32-16-15-26(37)41-7-2)34(17-18-35)29(39)25(33-30(40)42-31(3,4)5)20-22-11-13-24(36)14-12-22/h6,8-14,19,25,27,35-36H,1,7,15-18,20H2,2-5H3,(H,32,38)(H,33,40). The molecule has 0 aliphatic rings. The number of hydrogen-bond acceptors (Lipinski definition) is 8. The van der Waals surface area contributed by atoms with Crippen LogP contribution in [0, 0.1) is 0 Å². The molecule has 0 aliphatic carbocycles. The average Bonchev–Trinajstić information content (AvgIpc) is 2.92. The Morgan fingerprint density at radius 1 is 1.10 bits per heavy atom. The van der Waals surface area contributed by atoms with Gasteiger partial charge >= 0.3 is 12.1 Å². The third kappa shape index (κ3) is 10.9. The zero-order valence-corrected chi connectivity index (χ0v) is 24.6. The monoisotopic (exact) mass is 583 g/mol. The Morgan fingerprint density at radius 3 is 2.38 bits per heavy atom. The van der Waals surface area contributed by atoms with E-state index >= 15 is 0 Å². The van der Waals surface area contributed by atoms with Crippen molar-refractivity contribution < 1.29 is 38.9 Å². The van der Waals surface area contributed by atoms with Crippen LogP contribution in [0.3, 0.4) is 0 Å². The van der Waals surface area contributed by atoms with Gasteiger partial charge in [0, 0.05) is 19.5 Å². The van der Waals surface area contributed by atoms with Gasteiger partial charge in [-0.15, -0.1) is 0 Å². The van der Waals surface area contributed by atoms with Crippen molar-refractivity contribution in [2.24, 2.45) is 0 Å². The highest BCUT2D eigenvalue weighted by Crippen LogP contribution is 2.25. The summed E-state index contributed by atoms with van der Waals surface area (Å²) < 4.78 is 10.3. The van der Waals surface area contributed by atoms with Gasteiger partial charge in [-0.25, -0.2) is 4.79 Å². The van der Waals surface area contributed by atoms with Crippen LogP contribution >= 0.6 is 0 Å². The number of phenolic OH excluding ortho intramolecular Hbond substituents is 1. The maximum Gasteiger partial charge on any atom is 0.408 e. The summed E-state index contributed by atoms with van der Waals surface area (Å²) in [6.07, 6.45) is 0.684. The lowest BCUT2D eigenvalue weighted by molar-refractivity contribution is -0.144. The number of hydrogen-bond donors (Lipinski definition) is 4. The van der Waals surface area contributed by atoms with Crippen molar-refractivity contribution >= 4 is 30.0 Å². The van der Waals surface area contributed by atoms with Crippen LogP contribution in [0.4, 0.5) is 4.79 Å². The average molecular weight is 584 g/mol. The minimum atomic E-state index is -1.23. The fraction of sp³-hybridized carbons (Fsp3) is 0.419. The number of rotatable bonds is 14. The SMILES string of the molecule is C=Cc1cccc(C(C(=O)NCCC(=O)OCC)N(CCO)C(=O)C(Cc2ccc(O)cc2)NC(=O)OC(C)(C)C)c1. The van der Waals surface area contributed by atoms with Gasteiger partial charge in [0.15, 0.2) is 0 Å². The molecule has 0 bridgehead atoms. The molecular weight excluding hydrogens is 542 g/mol. The number of carbonyl (C=O) groups excluding carboxylic acids is 4. The Balaban J connectivity index is 2.50. The lowest BCUT2D eigenvalue weighted by atomic mass is 9.98. The van der Waals surface area contributed by atoms with Gasteiger partial charge in [-0.05, 0) is 62.6 Å². The van der Waals surface area contributed by atoms with Crippen LogP contribution in [-0.2, 0) is 30.3 Å². The van der Waals surface area contributed by atoms with Crippen LogP contribution in [0.15, 0.2) is 55.1 Å². The van der Waals surface area contributed by atoms with Crippen LogP contribution in [0.1, 0.15) is 56.8 Å². The largest absolute Gasteiger partial charge is 0.508 e. The molecule has 2 aromatic rings. The summed E-state index contributed by atoms with van der Waals surface area (Å²) in [6.45, 7) is 9.95. The topological polar surface area (TPSA) is 154 Å². The van der Waals surface area contributed by atoms with Gasteiger partial charge in [0.2, 0.25) is 11.8 Å². The van der Waals surface area contributed by atoms with Crippen LogP contribution in [0.2, 0.25) is 0 Å². The third-order valence-electron chi connectivity index (χ3n) is 5.95. The zero-order valence-electron chi connectivity index (χ0n) is 24.6. The number of aliphatic hydroxyl groups is 1. The van der Waals surface area contributed by atoms with Gasteiger partial charge in [-0.1, -0.05) is 43.0 Å². The van der Waals surface area contributed by atoms with Gasteiger partial charge in [-0.3, -0.25) is 14.4 Å². The highest BCUT2D eigenvalue weighted by molar-refractivity contribution is 5.92. The van der Waals surface area contributed by atoms with Crippen LogP contribution in [0.25, 0.3) is 6.08 Å². The normalized spacial score (nSPS) is 12.4. The lowest BCUT2D eigenvalue weighted by Crippen LogP contribution is -2.54. The Hall–Kier alpha value is -4.38. The lowest BCUT2D eigenvalue weighted by Gasteiger charge is -2.34. The summed E-state index contributed by atoms with van der Waals surface area (Å²) in [5.41, 5.74) is 0.910. The Morgan fingerprint density at radius 2 is 1.79 bits per heavy atom. The number of phenols is 1. The molecule has 42 heavy (non-hydrogen) atoms. The van der Waals surface area contributed by atoms with E-state index in [-0.39, 0.29) is 38.3 Å². The molecule has 228 valence electrons. The van der Waals surface area contributed by atoms with E-state index < -0.39 is 48.2 Å². The first-order chi connectivity index (χ1) is 19.9.